The Morgan fingerprint density at radius 2 is 2.00 bits per heavy atom. The summed E-state index contributed by atoms with van der Waals surface area (Å²) in [6, 6.07) is -0.187. The van der Waals surface area contributed by atoms with Crippen LogP contribution >= 0.6 is 11.3 Å². The number of hydrogen-bond donors (Lipinski definition) is 1. The minimum Gasteiger partial charge on any atom is -0.313 e. The van der Waals surface area contributed by atoms with Gasteiger partial charge < -0.3 is 5.32 Å². The molecule has 1 aromatic rings. The summed E-state index contributed by atoms with van der Waals surface area (Å²) >= 11 is 1.12. The first-order valence-electron chi connectivity index (χ1n) is 5.58. The summed E-state index contributed by atoms with van der Waals surface area (Å²) in [5, 5.41) is 5.87. The first kappa shape index (κ1) is 12.9. The summed E-state index contributed by atoms with van der Waals surface area (Å²) in [6.07, 6.45) is -3.27. The molecule has 0 aromatic carbocycles. The van der Waals surface area contributed by atoms with Crippen LogP contribution in [0.15, 0.2) is 10.8 Å². The van der Waals surface area contributed by atoms with Crippen LogP contribution < -0.4 is 5.32 Å². The highest BCUT2D eigenvalue weighted by Crippen LogP contribution is 2.58. The fourth-order valence-electron chi connectivity index (χ4n) is 2.43. The van der Waals surface area contributed by atoms with Crippen molar-refractivity contribution in [2.24, 2.45) is 11.3 Å². The van der Waals surface area contributed by atoms with Gasteiger partial charge in [-0.25, -0.2) is 0 Å². The van der Waals surface area contributed by atoms with Gasteiger partial charge in [0.1, 0.15) is 0 Å². The van der Waals surface area contributed by atoms with E-state index in [9.17, 15) is 13.2 Å². The van der Waals surface area contributed by atoms with E-state index in [4.69, 9.17) is 0 Å². The number of alkyl halides is 3. The minimum atomic E-state index is -4.25. The largest absolute Gasteiger partial charge is 0.417 e. The van der Waals surface area contributed by atoms with Gasteiger partial charge in [0, 0.05) is 11.4 Å². The van der Waals surface area contributed by atoms with Gasteiger partial charge in [-0.05, 0) is 35.7 Å². The zero-order chi connectivity index (χ0) is 12.8. The molecule has 1 aliphatic rings. The number of halogens is 3. The molecule has 1 heterocycles. The summed E-state index contributed by atoms with van der Waals surface area (Å²) in [6.45, 7) is 4.20. The van der Waals surface area contributed by atoms with Crippen LogP contribution in [-0.2, 0) is 6.18 Å². The minimum absolute atomic E-state index is 0.151. The fourth-order valence-corrected chi connectivity index (χ4v) is 3.32. The molecule has 2 atom stereocenters. The second kappa shape index (κ2) is 3.99. The van der Waals surface area contributed by atoms with E-state index in [0.717, 1.165) is 17.8 Å². The van der Waals surface area contributed by atoms with Crippen molar-refractivity contribution in [2.45, 2.75) is 32.5 Å². The van der Waals surface area contributed by atoms with Gasteiger partial charge in [-0.3, -0.25) is 0 Å². The molecule has 0 radical (unpaired) electrons. The molecule has 0 amide bonds. The Bertz CT molecular complexity index is 408. The third-order valence-electron chi connectivity index (χ3n) is 3.64. The lowest BCUT2D eigenvalue weighted by Gasteiger charge is -2.20. The Kier molecular flexibility index (Phi) is 3.02. The maximum atomic E-state index is 12.8. The van der Waals surface area contributed by atoms with Crippen LogP contribution in [-0.4, -0.2) is 7.05 Å². The highest BCUT2D eigenvalue weighted by Gasteiger charge is 2.51. The van der Waals surface area contributed by atoms with E-state index in [-0.39, 0.29) is 11.5 Å². The third kappa shape index (κ3) is 2.36. The Balaban J connectivity index is 2.30. The maximum Gasteiger partial charge on any atom is 0.417 e. The quantitative estimate of drug-likeness (QED) is 0.866. The zero-order valence-electron chi connectivity index (χ0n) is 10.1. The number of rotatable bonds is 3. The lowest BCUT2D eigenvalue weighted by molar-refractivity contribution is -0.138. The highest BCUT2D eigenvalue weighted by molar-refractivity contribution is 7.08. The van der Waals surface area contributed by atoms with Crippen LogP contribution in [0.1, 0.15) is 37.4 Å². The number of nitrogens with one attached hydrogen (secondary N) is 1. The van der Waals surface area contributed by atoms with E-state index in [0.29, 0.717) is 11.5 Å². The van der Waals surface area contributed by atoms with Crippen molar-refractivity contribution in [3.63, 3.8) is 0 Å². The van der Waals surface area contributed by atoms with Crippen molar-refractivity contribution in [3.05, 3.63) is 21.9 Å². The van der Waals surface area contributed by atoms with E-state index in [1.54, 1.807) is 12.4 Å². The summed E-state index contributed by atoms with van der Waals surface area (Å²) in [7, 11) is 1.73. The van der Waals surface area contributed by atoms with E-state index >= 15 is 0 Å². The standard InChI is InChI=1S/C12H16F3NS/c1-11(2)4-8(11)10(16-3)7-5-17-6-9(7)12(13,14)15/h5-6,8,10,16H,4H2,1-3H3. The summed E-state index contributed by atoms with van der Waals surface area (Å²) < 4.78 is 38.5. The van der Waals surface area contributed by atoms with Gasteiger partial charge in [-0.15, -0.1) is 0 Å². The predicted molar refractivity (Wildman–Crippen MR) is 63.0 cm³/mol. The van der Waals surface area contributed by atoms with Crippen molar-refractivity contribution >= 4 is 11.3 Å². The number of hydrogen-bond acceptors (Lipinski definition) is 2. The van der Waals surface area contributed by atoms with Crippen molar-refractivity contribution < 1.29 is 13.2 Å². The lowest BCUT2D eigenvalue weighted by atomic mass is 9.96. The fraction of sp³-hybridized carbons (Fsp3) is 0.667. The molecular formula is C12H16F3NS. The molecule has 0 spiro atoms. The summed E-state index contributed by atoms with van der Waals surface area (Å²) in [5.74, 6) is 0.295. The molecule has 17 heavy (non-hydrogen) atoms. The molecule has 0 bridgehead atoms. The molecule has 2 rings (SSSR count). The Hall–Kier alpha value is -0.550. The molecule has 1 aromatic heterocycles. The van der Waals surface area contributed by atoms with Gasteiger partial charge >= 0.3 is 6.18 Å². The van der Waals surface area contributed by atoms with Crippen LogP contribution in [0.3, 0.4) is 0 Å². The highest BCUT2D eigenvalue weighted by atomic mass is 32.1. The third-order valence-corrected chi connectivity index (χ3v) is 4.40. The van der Waals surface area contributed by atoms with Crippen molar-refractivity contribution in [2.75, 3.05) is 7.05 Å². The van der Waals surface area contributed by atoms with Gasteiger partial charge in [0.05, 0.1) is 5.56 Å². The van der Waals surface area contributed by atoms with E-state index < -0.39 is 11.7 Å². The first-order valence-corrected chi connectivity index (χ1v) is 6.52. The predicted octanol–water partition coefficient (Wildman–Crippen LogP) is 4.07. The van der Waals surface area contributed by atoms with Crippen molar-refractivity contribution in [3.8, 4) is 0 Å². The van der Waals surface area contributed by atoms with Crippen molar-refractivity contribution in [1.29, 1.82) is 0 Å². The molecule has 0 saturated heterocycles. The summed E-state index contributed by atoms with van der Waals surface area (Å²) in [5.41, 5.74) is 0.0727. The van der Waals surface area contributed by atoms with Gasteiger partial charge in [0.2, 0.25) is 0 Å². The van der Waals surface area contributed by atoms with Gasteiger partial charge in [-0.2, -0.15) is 24.5 Å². The van der Waals surface area contributed by atoms with Crippen LogP contribution in [0.5, 0.6) is 0 Å². The molecule has 0 aliphatic heterocycles. The van der Waals surface area contributed by atoms with E-state index in [1.165, 1.54) is 5.38 Å². The van der Waals surface area contributed by atoms with Crippen LogP contribution in [0.2, 0.25) is 0 Å². The molecular weight excluding hydrogens is 247 g/mol. The second-order valence-electron chi connectivity index (χ2n) is 5.30. The molecule has 1 aliphatic carbocycles. The summed E-state index contributed by atoms with van der Waals surface area (Å²) in [4.78, 5) is 0. The van der Waals surface area contributed by atoms with Gasteiger partial charge in [0.15, 0.2) is 0 Å². The first-order chi connectivity index (χ1) is 7.77. The Morgan fingerprint density at radius 1 is 1.41 bits per heavy atom. The normalized spacial score (nSPS) is 24.7. The molecule has 1 fully saturated rings. The average molecular weight is 263 g/mol. The van der Waals surface area contributed by atoms with Crippen LogP contribution in [0.4, 0.5) is 13.2 Å². The smallest absolute Gasteiger partial charge is 0.313 e. The van der Waals surface area contributed by atoms with Gasteiger partial charge in [-0.1, -0.05) is 13.8 Å². The van der Waals surface area contributed by atoms with Crippen LogP contribution in [0, 0.1) is 11.3 Å². The van der Waals surface area contributed by atoms with E-state index in [2.05, 4.69) is 19.2 Å². The number of thiophene rings is 1. The molecule has 1 N–H and O–H groups in total. The average Bonchev–Trinajstić information content (AvgIpc) is 2.65. The molecule has 96 valence electrons. The SMILES string of the molecule is CNC(c1cscc1C(F)(F)F)C1CC1(C)C. The molecule has 1 saturated carbocycles. The van der Waals surface area contributed by atoms with Crippen molar-refractivity contribution in [1.82, 2.24) is 5.32 Å². The van der Waals surface area contributed by atoms with E-state index in [1.807, 2.05) is 0 Å². The monoisotopic (exact) mass is 263 g/mol. The Labute approximate surface area is 103 Å². The molecule has 2 unspecified atom stereocenters. The Morgan fingerprint density at radius 3 is 2.41 bits per heavy atom. The molecule has 5 heteroatoms. The van der Waals surface area contributed by atoms with Crippen LogP contribution in [0.25, 0.3) is 0 Å². The second-order valence-corrected chi connectivity index (χ2v) is 6.05. The zero-order valence-corrected chi connectivity index (χ0v) is 10.9. The maximum absolute atomic E-state index is 12.8. The topological polar surface area (TPSA) is 12.0 Å². The molecule has 1 nitrogen and oxygen atoms in total. The van der Waals surface area contributed by atoms with Gasteiger partial charge in [0.25, 0.3) is 0 Å². The lowest BCUT2D eigenvalue weighted by Crippen LogP contribution is -2.23.